The minimum absolute atomic E-state index is 0.102. The van der Waals surface area contributed by atoms with Gasteiger partial charge in [0.2, 0.25) is 5.91 Å². The average Bonchev–Trinajstić information content (AvgIpc) is 3.42. The quantitative estimate of drug-likeness (QED) is 0.758. The first-order chi connectivity index (χ1) is 12.6. The van der Waals surface area contributed by atoms with Crippen molar-refractivity contribution in [2.24, 2.45) is 17.8 Å². The molecule has 0 radical (unpaired) electrons. The Morgan fingerprint density at radius 2 is 1.85 bits per heavy atom. The van der Waals surface area contributed by atoms with Crippen molar-refractivity contribution in [2.45, 2.75) is 64.0 Å². The van der Waals surface area contributed by atoms with Crippen LogP contribution in [0.3, 0.4) is 0 Å². The maximum atomic E-state index is 12.7. The van der Waals surface area contributed by atoms with E-state index in [2.05, 4.69) is 16.9 Å². The van der Waals surface area contributed by atoms with Crippen LogP contribution in [0.4, 0.5) is 0 Å². The van der Waals surface area contributed by atoms with Crippen LogP contribution in [-0.4, -0.2) is 39.3 Å². The molecular weight excluding hydrogens is 330 g/mol. The van der Waals surface area contributed by atoms with Gasteiger partial charge in [-0.2, -0.15) is 0 Å². The molecule has 2 heterocycles. The maximum absolute atomic E-state index is 12.7. The first-order valence-corrected chi connectivity index (χ1v) is 9.88. The first-order valence-electron chi connectivity index (χ1n) is 9.88. The van der Waals surface area contributed by atoms with Crippen molar-refractivity contribution in [1.29, 1.82) is 0 Å². The molecule has 3 fully saturated rings. The van der Waals surface area contributed by atoms with E-state index < -0.39 is 0 Å². The number of esters is 1. The molecule has 1 saturated heterocycles. The Morgan fingerprint density at radius 1 is 1.15 bits per heavy atom. The molecule has 2 aliphatic carbocycles. The number of carbonyl (C=O) groups is 2. The summed E-state index contributed by atoms with van der Waals surface area (Å²) in [6.07, 6.45) is 9.76. The standard InChI is InChI=1S/C20H27N3O3/c1-13-3-7-16(8-4-13)23-12-15(11-17(23)24)20(25)26-18(14-5-6-14)19-21-9-2-10-22-19/h2,9-10,13-16,18H,3-8,11-12H2,1H3/t13?,15-,16?,18-/m0/s1. The molecule has 2 saturated carbocycles. The molecule has 6 nitrogen and oxygen atoms in total. The maximum Gasteiger partial charge on any atom is 0.312 e. The molecule has 26 heavy (non-hydrogen) atoms. The van der Waals surface area contributed by atoms with Gasteiger partial charge in [-0.25, -0.2) is 9.97 Å². The van der Waals surface area contributed by atoms with Crippen molar-refractivity contribution in [1.82, 2.24) is 14.9 Å². The lowest BCUT2D eigenvalue weighted by Crippen LogP contribution is -2.39. The fraction of sp³-hybridized carbons (Fsp3) is 0.700. The van der Waals surface area contributed by atoms with Gasteiger partial charge in [-0.15, -0.1) is 0 Å². The molecule has 0 unspecified atom stereocenters. The highest BCUT2D eigenvalue weighted by Crippen LogP contribution is 2.43. The number of nitrogens with zero attached hydrogens (tertiary/aromatic N) is 3. The summed E-state index contributed by atoms with van der Waals surface area (Å²) in [6.45, 7) is 2.77. The minimum Gasteiger partial charge on any atom is -0.454 e. The largest absolute Gasteiger partial charge is 0.454 e. The van der Waals surface area contributed by atoms with Gasteiger partial charge in [0.05, 0.1) is 5.92 Å². The zero-order valence-electron chi connectivity index (χ0n) is 15.3. The second-order valence-electron chi connectivity index (χ2n) is 8.16. The lowest BCUT2D eigenvalue weighted by atomic mass is 9.87. The molecule has 6 heteroatoms. The van der Waals surface area contributed by atoms with Crippen molar-refractivity contribution >= 4 is 11.9 Å². The number of aromatic nitrogens is 2. The van der Waals surface area contributed by atoms with Gasteiger partial charge in [-0.1, -0.05) is 6.92 Å². The Labute approximate surface area is 154 Å². The summed E-state index contributed by atoms with van der Waals surface area (Å²) in [4.78, 5) is 35.7. The van der Waals surface area contributed by atoms with Gasteiger partial charge in [-0.3, -0.25) is 9.59 Å². The highest BCUT2D eigenvalue weighted by Gasteiger charge is 2.43. The van der Waals surface area contributed by atoms with Gasteiger partial charge in [0.15, 0.2) is 11.9 Å². The summed E-state index contributed by atoms with van der Waals surface area (Å²) in [5.74, 6) is 1.11. The summed E-state index contributed by atoms with van der Waals surface area (Å²) in [5.41, 5.74) is 0. The lowest BCUT2D eigenvalue weighted by Gasteiger charge is -2.33. The van der Waals surface area contributed by atoms with Crippen LogP contribution in [0.1, 0.15) is 63.8 Å². The third-order valence-electron chi connectivity index (χ3n) is 6.05. The third kappa shape index (κ3) is 3.74. The third-order valence-corrected chi connectivity index (χ3v) is 6.05. The Bertz CT molecular complexity index is 654. The topological polar surface area (TPSA) is 72.4 Å². The Kier molecular flexibility index (Phi) is 4.92. The molecule has 4 rings (SSSR count). The smallest absolute Gasteiger partial charge is 0.312 e. The van der Waals surface area contributed by atoms with Crippen molar-refractivity contribution in [2.75, 3.05) is 6.54 Å². The molecule has 1 amide bonds. The van der Waals surface area contributed by atoms with E-state index in [0.29, 0.717) is 24.3 Å². The van der Waals surface area contributed by atoms with Gasteiger partial charge >= 0.3 is 5.97 Å². The van der Waals surface area contributed by atoms with E-state index in [1.165, 1.54) is 12.8 Å². The molecule has 1 aromatic heterocycles. The summed E-state index contributed by atoms with van der Waals surface area (Å²) in [6, 6.07) is 2.06. The second-order valence-corrected chi connectivity index (χ2v) is 8.16. The number of carbonyl (C=O) groups excluding carboxylic acids is 2. The fourth-order valence-electron chi connectivity index (χ4n) is 4.23. The number of amides is 1. The molecule has 0 spiro atoms. The van der Waals surface area contributed by atoms with Gasteiger partial charge in [0, 0.05) is 37.3 Å². The molecule has 0 aromatic carbocycles. The van der Waals surface area contributed by atoms with Crippen molar-refractivity contribution < 1.29 is 14.3 Å². The summed E-state index contributed by atoms with van der Waals surface area (Å²) >= 11 is 0. The Hall–Kier alpha value is -1.98. The van der Waals surface area contributed by atoms with Gasteiger partial charge < -0.3 is 9.64 Å². The zero-order chi connectivity index (χ0) is 18.1. The number of likely N-dealkylation sites (tertiary alicyclic amines) is 1. The normalized spacial score (nSPS) is 30.3. The van der Waals surface area contributed by atoms with E-state index in [1.54, 1.807) is 18.5 Å². The van der Waals surface area contributed by atoms with E-state index in [1.807, 2.05) is 4.90 Å². The van der Waals surface area contributed by atoms with Crippen LogP contribution in [0.25, 0.3) is 0 Å². The number of ether oxygens (including phenoxy) is 1. The number of rotatable bonds is 5. The van der Waals surface area contributed by atoms with Crippen LogP contribution in [0.2, 0.25) is 0 Å². The predicted octanol–water partition coefficient (Wildman–Crippen LogP) is 2.90. The van der Waals surface area contributed by atoms with Crippen LogP contribution in [0.15, 0.2) is 18.5 Å². The lowest BCUT2D eigenvalue weighted by molar-refractivity contribution is -0.156. The van der Waals surface area contributed by atoms with E-state index in [4.69, 9.17) is 4.74 Å². The molecule has 3 aliphatic rings. The van der Waals surface area contributed by atoms with E-state index in [9.17, 15) is 9.59 Å². The van der Waals surface area contributed by atoms with Crippen LogP contribution in [0.5, 0.6) is 0 Å². The van der Waals surface area contributed by atoms with Crippen LogP contribution < -0.4 is 0 Å². The predicted molar refractivity (Wildman–Crippen MR) is 94.8 cm³/mol. The Morgan fingerprint density at radius 3 is 2.50 bits per heavy atom. The minimum atomic E-state index is -0.372. The first kappa shape index (κ1) is 17.4. The number of hydrogen-bond donors (Lipinski definition) is 0. The molecule has 2 atom stereocenters. The van der Waals surface area contributed by atoms with E-state index in [0.717, 1.165) is 31.6 Å². The molecule has 0 bridgehead atoms. The SMILES string of the molecule is CC1CCC(N2C[C@@H](C(=O)O[C@H](c3ncccn3)C3CC3)CC2=O)CC1. The van der Waals surface area contributed by atoms with Gasteiger partial charge in [0.25, 0.3) is 0 Å². The van der Waals surface area contributed by atoms with Gasteiger partial charge in [0.1, 0.15) is 0 Å². The zero-order valence-corrected chi connectivity index (χ0v) is 15.3. The molecule has 140 valence electrons. The highest BCUT2D eigenvalue weighted by atomic mass is 16.5. The number of hydrogen-bond acceptors (Lipinski definition) is 5. The monoisotopic (exact) mass is 357 g/mol. The van der Waals surface area contributed by atoms with Crippen molar-refractivity contribution in [3.63, 3.8) is 0 Å². The average molecular weight is 357 g/mol. The summed E-state index contributed by atoms with van der Waals surface area (Å²) in [5, 5.41) is 0. The highest BCUT2D eigenvalue weighted by molar-refractivity contribution is 5.87. The van der Waals surface area contributed by atoms with Gasteiger partial charge in [-0.05, 0) is 50.5 Å². The van der Waals surface area contributed by atoms with Crippen molar-refractivity contribution in [3.8, 4) is 0 Å². The van der Waals surface area contributed by atoms with Crippen LogP contribution >= 0.6 is 0 Å². The molecular formula is C20H27N3O3. The van der Waals surface area contributed by atoms with Crippen LogP contribution in [0, 0.1) is 17.8 Å². The van der Waals surface area contributed by atoms with Crippen LogP contribution in [-0.2, 0) is 14.3 Å². The molecule has 1 aliphatic heterocycles. The van der Waals surface area contributed by atoms with E-state index in [-0.39, 0.29) is 30.3 Å². The fourth-order valence-corrected chi connectivity index (χ4v) is 4.23. The second kappa shape index (κ2) is 7.33. The van der Waals surface area contributed by atoms with E-state index >= 15 is 0 Å². The Balaban J connectivity index is 1.38. The molecule has 0 N–H and O–H groups in total. The summed E-state index contributed by atoms with van der Waals surface area (Å²) < 4.78 is 5.80. The molecule has 1 aromatic rings. The van der Waals surface area contributed by atoms with Crippen molar-refractivity contribution in [3.05, 3.63) is 24.3 Å². The summed E-state index contributed by atoms with van der Waals surface area (Å²) in [7, 11) is 0.